The van der Waals surface area contributed by atoms with E-state index in [9.17, 15) is 49.5 Å². The highest BCUT2D eigenvalue weighted by Gasteiger charge is 2.28. The van der Waals surface area contributed by atoms with Crippen LogP contribution in [0, 0.1) is 0 Å². The van der Waals surface area contributed by atoms with Gasteiger partial charge in [-0.3, -0.25) is 14.4 Å². The first-order valence-electron chi connectivity index (χ1n) is 14.8. The normalized spacial score (nSPS) is 24.3. The summed E-state index contributed by atoms with van der Waals surface area (Å²) in [5.74, 6) is -6.75. The fraction of sp³-hybridized carbons (Fsp3) is 0.469. The number of benzene rings is 2. The molecule has 3 rings (SSSR count). The molecular weight excluding hydrogens is 624 g/mol. The third kappa shape index (κ3) is 10.5. The van der Waals surface area contributed by atoms with Crippen LogP contribution in [-0.2, 0) is 50.9 Å². The van der Waals surface area contributed by atoms with E-state index >= 15 is 0 Å². The molecule has 47 heavy (non-hydrogen) atoms. The van der Waals surface area contributed by atoms with Gasteiger partial charge in [-0.2, -0.15) is 0 Å². The zero-order chi connectivity index (χ0) is 35.0. The molecule has 0 fully saturated rings. The molecule has 2 aromatic rings. The average molecular weight is 663 g/mol. The van der Waals surface area contributed by atoms with Gasteiger partial charge in [-0.25, -0.2) is 9.59 Å². The molecule has 0 radical (unpaired) electrons. The molecule has 256 valence electrons. The Morgan fingerprint density at radius 2 is 0.894 bits per heavy atom. The number of aliphatic hydroxyl groups is 1. The smallest absolute Gasteiger partial charge is 0.342 e. The van der Waals surface area contributed by atoms with E-state index in [1.165, 1.54) is 39.8 Å². The van der Waals surface area contributed by atoms with Crippen LogP contribution in [0.1, 0.15) is 78.8 Å². The van der Waals surface area contributed by atoms with Crippen LogP contribution < -0.4 is 0 Å². The molecule has 0 bridgehead atoms. The second kappa shape index (κ2) is 16.0. The van der Waals surface area contributed by atoms with Gasteiger partial charge < -0.3 is 49.2 Å². The first-order valence-corrected chi connectivity index (χ1v) is 14.8. The Labute approximate surface area is 269 Å². The van der Waals surface area contributed by atoms with Gasteiger partial charge in [-0.1, -0.05) is 0 Å². The van der Waals surface area contributed by atoms with Crippen molar-refractivity contribution in [1.29, 1.82) is 0 Å². The van der Waals surface area contributed by atoms with Crippen LogP contribution in [0.2, 0.25) is 0 Å². The highest BCUT2D eigenvalue weighted by Crippen LogP contribution is 2.31. The molecule has 0 aromatic heterocycles. The minimum atomic E-state index is -1.32. The largest absolute Gasteiger partial charge is 0.508 e. The zero-order valence-electron chi connectivity index (χ0n) is 26.3. The van der Waals surface area contributed by atoms with E-state index in [4.69, 9.17) is 23.7 Å². The molecule has 1 aliphatic heterocycles. The highest BCUT2D eigenvalue weighted by atomic mass is 16.6. The molecule has 0 saturated carbocycles. The number of hydrogen-bond donors (Lipinski definition) is 5. The summed E-state index contributed by atoms with van der Waals surface area (Å²) < 4.78 is 26.5. The van der Waals surface area contributed by atoms with Crippen molar-refractivity contribution < 1.29 is 73.2 Å². The number of phenolic OH excluding ortho intramolecular Hbond substituents is 4. The Bertz CT molecular complexity index is 1500. The van der Waals surface area contributed by atoms with E-state index in [0.29, 0.717) is 0 Å². The molecule has 0 aliphatic carbocycles. The van der Waals surface area contributed by atoms with Gasteiger partial charge in [0.2, 0.25) is 0 Å². The maximum absolute atomic E-state index is 13.1. The fourth-order valence-corrected chi connectivity index (χ4v) is 4.98. The van der Waals surface area contributed by atoms with Crippen molar-refractivity contribution in [3.63, 3.8) is 0 Å². The number of hydrogen-bond acceptors (Lipinski definition) is 15. The monoisotopic (exact) mass is 662 g/mol. The maximum Gasteiger partial charge on any atom is 0.342 e. The molecule has 0 saturated heterocycles. The van der Waals surface area contributed by atoms with E-state index in [-0.39, 0.29) is 40.8 Å². The molecule has 0 spiro atoms. The van der Waals surface area contributed by atoms with Gasteiger partial charge in [0.05, 0.1) is 25.9 Å². The Morgan fingerprint density at radius 1 is 0.532 bits per heavy atom. The summed E-state index contributed by atoms with van der Waals surface area (Å²) in [5, 5.41) is 50.7. The molecule has 0 amide bonds. The molecule has 15 nitrogen and oxygen atoms in total. The van der Waals surface area contributed by atoms with Crippen molar-refractivity contribution in [1.82, 2.24) is 0 Å². The SMILES string of the molecule is CC1Cc2cc(O)cc(O)c2C(=O)OC(C)CC(=O)OC(C)Cc2cc(O)cc(O)c2C(=O)OC(C)CC(=O)OC(CO)CC(=O)O1. The lowest BCUT2D eigenvalue weighted by atomic mass is 10.00. The maximum atomic E-state index is 13.1. The summed E-state index contributed by atoms with van der Waals surface area (Å²) in [6.45, 7) is 4.98. The quantitative estimate of drug-likeness (QED) is 0.218. The number of carbonyl (C=O) groups excluding carboxylic acids is 5. The Hall–Kier alpha value is -5.05. The number of carbonyl (C=O) groups is 5. The zero-order valence-corrected chi connectivity index (χ0v) is 26.3. The third-order valence-corrected chi connectivity index (χ3v) is 6.88. The lowest BCUT2D eigenvalue weighted by Crippen LogP contribution is -2.30. The summed E-state index contributed by atoms with van der Waals surface area (Å²) in [6, 6.07) is 4.16. The fourth-order valence-electron chi connectivity index (χ4n) is 4.98. The minimum absolute atomic E-state index is 0.0555. The van der Waals surface area contributed by atoms with Gasteiger partial charge >= 0.3 is 29.8 Å². The van der Waals surface area contributed by atoms with E-state index in [0.717, 1.165) is 12.1 Å². The number of ether oxygens (including phenoxy) is 5. The standard InChI is InChI=1S/C32H38O15/c1-15-5-19-9-21(34)11-24(36)29(19)32(42)46-18(4)8-27(39)47-23(14-33)13-28(40)44-16(2)6-20-10-22(35)12-25(37)30(20)31(41)45-17(3)7-26(38)43-15/h9-12,15-18,23,33-37H,5-8,13-14H2,1-4H3. The third-order valence-electron chi connectivity index (χ3n) is 6.88. The van der Waals surface area contributed by atoms with Crippen LogP contribution in [0.4, 0.5) is 0 Å². The van der Waals surface area contributed by atoms with Crippen LogP contribution >= 0.6 is 0 Å². The predicted molar refractivity (Wildman–Crippen MR) is 159 cm³/mol. The molecule has 2 aromatic carbocycles. The number of aromatic hydroxyl groups is 4. The second-order valence-corrected chi connectivity index (χ2v) is 11.3. The first-order chi connectivity index (χ1) is 22.1. The van der Waals surface area contributed by atoms with Crippen LogP contribution in [0.3, 0.4) is 0 Å². The van der Waals surface area contributed by atoms with Gasteiger partial charge in [0.15, 0.2) is 0 Å². The Balaban J connectivity index is 1.92. The lowest BCUT2D eigenvalue weighted by molar-refractivity contribution is -0.160. The second-order valence-electron chi connectivity index (χ2n) is 11.3. The van der Waals surface area contributed by atoms with E-state index in [1.54, 1.807) is 0 Å². The van der Waals surface area contributed by atoms with Gasteiger partial charge in [0.25, 0.3) is 0 Å². The van der Waals surface area contributed by atoms with Crippen molar-refractivity contribution in [3.05, 3.63) is 46.5 Å². The van der Waals surface area contributed by atoms with E-state index < -0.39 is 103 Å². The van der Waals surface area contributed by atoms with Crippen LogP contribution in [0.25, 0.3) is 0 Å². The number of cyclic esters (lactones) is 5. The van der Waals surface area contributed by atoms with Gasteiger partial charge in [-0.15, -0.1) is 0 Å². The van der Waals surface area contributed by atoms with Crippen molar-refractivity contribution in [2.75, 3.05) is 6.61 Å². The number of phenols is 4. The Kier molecular flexibility index (Phi) is 12.4. The van der Waals surface area contributed by atoms with Crippen molar-refractivity contribution in [3.8, 4) is 23.0 Å². The van der Waals surface area contributed by atoms with Crippen molar-refractivity contribution in [2.24, 2.45) is 0 Å². The van der Waals surface area contributed by atoms with Crippen molar-refractivity contribution >= 4 is 29.8 Å². The molecule has 1 aliphatic rings. The van der Waals surface area contributed by atoms with Crippen molar-refractivity contribution in [2.45, 2.75) is 90.3 Å². The minimum Gasteiger partial charge on any atom is -0.508 e. The highest BCUT2D eigenvalue weighted by molar-refractivity contribution is 5.95. The molecule has 5 atom stereocenters. The van der Waals surface area contributed by atoms with E-state index in [1.807, 2.05) is 0 Å². The number of aliphatic hydroxyl groups excluding tert-OH is 1. The molecular formula is C32H38O15. The summed E-state index contributed by atoms with van der Waals surface area (Å²) in [6.07, 6.45) is -7.13. The molecule has 5 N–H and O–H groups in total. The van der Waals surface area contributed by atoms with Crippen LogP contribution in [-0.4, -0.2) is 92.5 Å². The number of esters is 5. The lowest BCUT2D eigenvalue weighted by Gasteiger charge is -2.21. The number of rotatable bonds is 1. The molecule has 15 heteroatoms. The van der Waals surface area contributed by atoms with Crippen LogP contribution in [0.15, 0.2) is 24.3 Å². The summed E-state index contributed by atoms with van der Waals surface area (Å²) in [4.78, 5) is 63.9. The van der Waals surface area contributed by atoms with Gasteiger partial charge in [0.1, 0.15) is 64.6 Å². The number of fused-ring (bicyclic) bond motifs is 2. The topological polar surface area (TPSA) is 233 Å². The van der Waals surface area contributed by atoms with Gasteiger partial charge in [-0.05, 0) is 51.0 Å². The van der Waals surface area contributed by atoms with E-state index in [2.05, 4.69) is 0 Å². The average Bonchev–Trinajstić information content (AvgIpc) is 2.90. The first kappa shape index (κ1) is 36.4. The van der Waals surface area contributed by atoms with Crippen LogP contribution in [0.5, 0.6) is 23.0 Å². The summed E-state index contributed by atoms with van der Waals surface area (Å²) in [7, 11) is 0. The summed E-state index contributed by atoms with van der Waals surface area (Å²) in [5.41, 5.74) is -0.574. The molecule has 1 heterocycles. The summed E-state index contributed by atoms with van der Waals surface area (Å²) >= 11 is 0. The van der Waals surface area contributed by atoms with Gasteiger partial charge in [0, 0.05) is 25.0 Å². The predicted octanol–water partition coefficient (Wildman–Crippen LogP) is 2.34. The molecule has 5 unspecified atom stereocenters. The Morgan fingerprint density at radius 3 is 1.30 bits per heavy atom.